The van der Waals surface area contributed by atoms with Crippen LogP contribution in [0.2, 0.25) is 0 Å². The molecule has 2 aromatic carbocycles. The quantitative estimate of drug-likeness (QED) is 0.627. The third-order valence-corrected chi connectivity index (χ3v) is 3.10. The average Bonchev–Trinajstić information content (AvgIpc) is 2.61. The summed E-state index contributed by atoms with van der Waals surface area (Å²) < 4.78 is 22.3. The molecule has 0 fully saturated rings. The summed E-state index contributed by atoms with van der Waals surface area (Å²) in [4.78, 5) is 0. The molecule has 0 spiro atoms. The van der Waals surface area contributed by atoms with E-state index in [1.807, 2.05) is 55.6 Å². The van der Waals surface area contributed by atoms with E-state index in [1.54, 1.807) is 0 Å². The normalized spacial score (nSPS) is 9.83. The first-order valence-electron chi connectivity index (χ1n) is 7.48. The lowest BCUT2D eigenvalue weighted by Gasteiger charge is -2.06. The molecule has 0 heterocycles. The van der Waals surface area contributed by atoms with E-state index in [0.717, 1.165) is 22.6 Å². The van der Waals surface area contributed by atoms with Crippen LogP contribution in [0.4, 0.5) is 10.1 Å². The van der Waals surface area contributed by atoms with Gasteiger partial charge >= 0.3 is 0 Å². The van der Waals surface area contributed by atoms with Gasteiger partial charge < -0.3 is 14.8 Å². The van der Waals surface area contributed by atoms with Crippen molar-refractivity contribution >= 4 is 5.69 Å². The van der Waals surface area contributed by atoms with Gasteiger partial charge in [-0.15, -0.1) is 0 Å². The minimum absolute atomic E-state index is 0.118. The summed E-state index contributed by atoms with van der Waals surface area (Å²) >= 11 is 0. The predicted octanol–water partition coefficient (Wildman–Crippen LogP) is 3.49. The Bertz CT molecular complexity index is 642. The second-order valence-corrected chi connectivity index (χ2v) is 4.75. The molecule has 0 unspecified atom stereocenters. The van der Waals surface area contributed by atoms with Crippen molar-refractivity contribution in [2.24, 2.45) is 0 Å². The number of anilines is 1. The molecule has 4 heteroatoms. The topological polar surface area (TPSA) is 30.5 Å². The van der Waals surface area contributed by atoms with E-state index in [-0.39, 0.29) is 6.61 Å². The third-order valence-electron chi connectivity index (χ3n) is 3.10. The van der Waals surface area contributed by atoms with Gasteiger partial charge in [0.05, 0.1) is 13.2 Å². The zero-order valence-corrected chi connectivity index (χ0v) is 13.1. The van der Waals surface area contributed by atoms with Crippen LogP contribution in [0.3, 0.4) is 0 Å². The maximum Gasteiger partial charge on any atom is 0.119 e. The Morgan fingerprint density at radius 1 is 0.870 bits per heavy atom. The Morgan fingerprint density at radius 3 is 2.04 bits per heavy atom. The highest BCUT2D eigenvalue weighted by atomic mass is 18.2. The van der Waals surface area contributed by atoms with E-state index in [0.29, 0.717) is 13.2 Å². The van der Waals surface area contributed by atoms with Crippen LogP contribution in [-0.2, 0) is 4.74 Å². The van der Waals surface area contributed by atoms with Gasteiger partial charge in [0.25, 0.3) is 0 Å². The van der Waals surface area contributed by atoms with Crippen molar-refractivity contribution in [3.63, 3.8) is 0 Å². The molecule has 0 aromatic heterocycles. The Labute approximate surface area is 136 Å². The van der Waals surface area contributed by atoms with Crippen LogP contribution in [0.5, 0.6) is 5.75 Å². The number of halogens is 1. The summed E-state index contributed by atoms with van der Waals surface area (Å²) in [5.41, 5.74) is 2.95. The van der Waals surface area contributed by atoms with E-state index in [1.165, 1.54) is 0 Å². The maximum atomic E-state index is 11.8. The number of benzene rings is 2. The molecular weight excluding hydrogens is 292 g/mol. The summed E-state index contributed by atoms with van der Waals surface area (Å²) in [7, 11) is 1.89. The summed E-state index contributed by atoms with van der Waals surface area (Å²) in [5.74, 6) is 6.99. The van der Waals surface area contributed by atoms with Crippen molar-refractivity contribution in [1.82, 2.24) is 0 Å². The number of rotatable bonds is 7. The fourth-order valence-electron chi connectivity index (χ4n) is 1.87. The SMILES string of the molecule is CNc1ccc(C#Cc2ccc(OCCOCC[18F])cc2)cc1. The molecule has 0 aliphatic rings. The van der Waals surface area contributed by atoms with Crippen LogP contribution >= 0.6 is 0 Å². The summed E-state index contributed by atoms with van der Waals surface area (Å²) in [6.45, 7) is 0.440. The first-order chi connectivity index (χ1) is 11.3. The Balaban J connectivity index is 1.86. The van der Waals surface area contributed by atoms with Crippen LogP contribution in [0.1, 0.15) is 11.1 Å². The van der Waals surface area contributed by atoms with Crippen molar-refractivity contribution in [3.8, 4) is 17.6 Å². The smallest absolute Gasteiger partial charge is 0.119 e. The molecule has 0 aliphatic carbocycles. The molecule has 2 aromatic rings. The molecule has 0 atom stereocenters. The van der Waals surface area contributed by atoms with Crippen LogP contribution in [-0.4, -0.2) is 33.5 Å². The molecular formula is C19H20FNO2. The predicted molar refractivity (Wildman–Crippen MR) is 90.7 cm³/mol. The van der Waals surface area contributed by atoms with Gasteiger partial charge in [0, 0.05) is 23.9 Å². The van der Waals surface area contributed by atoms with Crippen molar-refractivity contribution < 1.29 is 13.9 Å². The number of hydrogen-bond acceptors (Lipinski definition) is 3. The van der Waals surface area contributed by atoms with Gasteiger partial charge in [-0.3, -0.25) is 0 Å². The maximum absolute atomic E-state index is 11.8. The lowest BCUT2D eigenvalue weighted by molar-refractivity contribution is 0.0897. The van der Waals surface area contributed by atoms with Crippen LogP contribution in [0, 0.1) is 11.8 Å². The van der Waals surface area contributed by atoms with E-state index in [4.69, 9.17) is 9.47 Å². The molecule has 0 aliphatic heterocycles. The van der Waals surface area contributed by atoms with Gasteiger partial charge in [-0.2, -0.15) is 0 Å². The molecule has 0 amide bonds. The third kappa shape index (κ3) is 6.01. The second-order valence-electron chi connectivity index (χ2n) is 4.75. The van der Waals surface area contributed by atoms with Crippen molar-refractivity contribution in [3.05, 3.63) is 59.7 Å². The summed E-state index contributed by atoms with van der Waals surface area (Å²) in [6, 6.07) is 15.5. The van der Waals surface area contributed by atoms with E-state index < -0.39 is 6.67 Å². The minimum atomic E-state index is -0.467. The summed E-state index contributed by atoms with van der Waals surface area (Å²) in [6.07, 6.45) is 0. The molecule has 0 saturated heterocycles. The largest absolute Gasteiger partial charge is 0.491 e. The van der Waals surface area contributed by atoms with Gasteiger partial charge in [0.1, 0.15) is 19.0 Å². The van der Waals surface area contributed by atoms with Gasteiger partial charge in [0.15, 0.2) is 0 Å². The standard InChI is InChI=1S/C19H20FNO2/c1-21-18-8-4-16(5-9-18)2-3-17-6-10-19(11-7-17)23-15-14-22-13-12-20/h4-11,21H,12-15H2,1H3/i20-1. The first kappa shape index (κ1) is 16.9. The molecule has 2 rings (SSSR count). The van der Waals surface area contributed by atoms with E-state index in [2.05, 4.69) is 17.2 Å². The molecule has 0 saturated carbocycles. The lowest BCUT2D eigenvalue weighted by Crippen LogP contribution is -2.08. The monoisotopic (exact) mass is 312 g/mol. The average molecular weight is 312 g/mol. The minimum Gasteiger partial charge on any atom is -0.491 e. The van der Waals surface area contributed by atoms with E-state index in [9.17, 15) is 4.39 Å². The van der Waals surface area contributed by atoms with Crippen molar-refractivity contribution in [1.29, 1.82) is 0 Å². The fourth-order valence-corrected chi connectivity index (χ4v) is 1.87. The van der Waals surface area contributed by atoms with Crippen LogP contribution in [0.25, 0.3) is 0 Å². The molecule has 0 radical (unpaired) electrons. The molecule has 0 bridgehead atoms. The second kappa shape index (κ2) is 9.50. The molecule has 1 N–H and O–H groups in total. The number of nitrogens with one attached hydrogen (secondary N) is 1. The Kier molecular flexibility index (Phi) is 6.96. The fraction of sp³-hybridized carbons (Fsp3) is 0.263. The van der Waals surface area contributed by atoms with Crippen molar-refractivity contribution in [2.75, 3.05) is 38.9 Å². The van der Waals surface area contributed by atoms with E-state index >= 15 is 0 Å². The van der Waals surface area contributed by atoms with Crippen molar-refractivity contribution in [2.45, 2.75) is 0 Å². The highest BCUT2D eigenvalue weighted by molar-refractivity contribution is 5.50. The first-order valence-corrected chi connectivity index (χ1v) is 7.48. The number of ether oxygens (including phenoxy) is 2. The van der Waals surface area contributed by atoms with Gasteiger partial charge in [-0.25, -0.2) is 4.39 Å². The molecule has 120 valence electrons. The van der Waals surface area contributed by atoms with Crippen LogP contribution < -0.4 is 10.1 Å². The highest BCUT2D eigenvalue weighted by Gasteiger charge is 1.95. The highest BCUT2D eigenvalue weighted by Crippen LogP contribution is 2.12. The number of hydrogen-bond donors (Lipinski definition) is 1. The van der Waals surface area contributed by atoms with Gasteiger partial charge in [-0.1, -0.05) is 11.8 Å². The van der Waals surface area contributed by atoms with Crippen LogP contribution in [0.15, 0.2) is 48.5 Å². The molecule has 3 nitrogen and oxygen atoms in total. The lowest BCUT2D eigenvalue weighted by atomic mass is 10.1. The number of alkyl halides is 1. The zero-order chi connectivity index (χ0) is 16.3. The molecule has 23 heavy (non-hydrogen) atoms. The Hall–Kier alpha value is -2.51. The van der Waals surface area contributed by atoms with Gasteiger partial charge in [-0.05, 0) is 48.5 Å². The van der Waals surface area contributed by atoms with Gasteiger partial charge in [0.2, 0.25) is 0 Å². The summed E-state index contributed by atoms with van der Waals surface area (Å²) in [5, 5.41) is 3.07. The Morgan fingerprint density at radius 2 is 1.48 bits per heavy atom. The zero-order valence-electron chi connectivity index (χ0n) is 13.1.